The second-order valence-corrected chi connectivity index (χ2v) is 8.88. The van der Waals surface area contributed by atoms with Gasteiger partial charge in [-0.25, -0.2) is 0 Å². The molecule has 0 radical (unpaired) electrons. The topological polar surface area (TPSA) is 52.8 Å². The molecule has 0 saturated carbocycles. The van der Waals surface area contributed by atoms with E-state index >= 15 is 0 Å². The average Bonchev–Trinajstić information content (AvgIpc) is 3.19. The molecule has 1 amide bonds. The number of benzene rings is 1. The monoisotopic (exact) mass is 410 g/mol. The third-order valence-corrected chi connectivity index (χ3v) is 6.67. The molecule has 1 aromatic heterocycles. The number of carbonyl (C=O) groups excluding carboxylic acids is 1. The van der Waals surface area contributed by atoms with Crippen molar-refractivity contribution in [2.45, 2.75) is 45.7 Å². The van der Waals surface area contributed by atoms with Crippen LogP contribution in [0.4, 0.5) is 0 Å². The quantitative estimate of drug-likeness (QED) is 0.733. The zero-order valence-corrected chi connectivity index (χ0v) is 18.3. The summed E-state index contributed by atoms with van der Waals surface area (Å²) < 4.78 is 5.17. The van der Waals surface area contributed by atoms with Crippen molar-refractivity contribution in [1.29, 1.82) is 0 Å². The van der Waals surface area contributed by atoms with Crippen molar-refractivity contribution >= 4 is 5.91 Å². The normalized spacial score (nSPS) is 20.4. The third kappa shape index (κ3) is 5.29. The van der Waals surface area contributed by atoms with Crippen LogP contribution in [0.3, 0.4) is 0 Å². The number of piperazine rings is 1. The summed E-state index contributed by atoms with van der Waals surface area (Å²) in [6.45, 7) is 10.4. The second kappa shape index (κ2) is 9.75. The Labute approximate surface area is 179 Å². The van der Waals surface area contributed by atoms with E-state index in [2.05, 4.69) is 57.1 Å². The molecular weight excluding hydrogens is 376 g/mol. The number of amides is 1. The number of hydrogen-bond donors (Lipinski definition) is 0. The molecule has 3 heterocycles. The fraction of sp³-hybridized carbons (Fsp3) is 0.583. The summed E-state index contributed by atoms with van der Waals surface area (Å²) in [5.74, 6) is 1.85. The minimum atomic E-state index is -0.0351. The lowest BCUT2D eigenvalue weighted by Crippen LogP contribution is -2.55. The molecule has 0 unspecified atom stereocenters. The zero-order chi connectivity index (χ0) is 20.9. The van der Waals surface area contributed by atoms with E-state index in [0.29, 0.717) is 11.8 Å². The fourth-order valence-electron chi connectivity index (χ4n) is 4.76. The third-order valence-electron chi connectivity index (χ3n) is 6.67. The van der Waals surface area contributed by atoms with Gasteiger partial charge in [0, 0.05) is 51.9 Å². The number of aromatic nitrogens is 1. The number of rotatable bonds is 6. The van der Waals surface area contributed by atoms with Crippen molar-refractivity contribution in [2.24, 2.45) is 5.92 Å². The predicted molar refractivity (Wildman–Crippen MR) is 117 cm³/mol. The van der Waals surface area contributed by atoms with Crippen LogP contribution in [0.2, 0.25) is 0 Å². The summed E-state index contributed by atoms with van der Waals surface area (Å²) in [5, 5.41) is 4.09. The van der Waals surface area contributed by atoms with E-state index in [4.69, 9.17) is 4.52 Å². The molecule has 162 valence electrons. The Morgan fingerprint density at radius 1 is 1.10 bits per heavy atom. The van der Waals surface area contributed by atoms with Gasteiger partial charge in [-0.2, -0.15) is 0 Å². The first-order chi connectivity index (χ1) is 14.6. The molecule has 6 heteroatoms. The predicted octanol–water partition coefficient (Wildman–Crippen LogP) is 2.97. The SMILES string of the molecule is Cc1cc(CN2CCN([C@H](C)C(=O)N3CCC(Cc4ccccc4)CC3)CC2)no1. The average molecular weight is 411 g/mol. The highest BCUT2D eigenvalue weighted by Gasteiger charge is 2.31. The molecule has 6 nitrogen and oxygen atoms in total. The first kappa shape index (κ1) is 21.1. The van der Waals surface area contributed by atoms with E-state index < -0.39 is 0 Å². The Morgan fingerprint density at radius 3 is 2.43 bits per heavy atom. The van der Waals surface area contributed by atoms with Crippen LogP contribution in [0, 0.1) is 12.8 Å². The number of carbonyl (C=O) groups is 1. The summed E-state index contributed by atoms with van der Waals surface area (Å²) in [5.41, 5.74) is 2.40. The van der Waals surface area contributed by atoms with E-state index in [0.717, 1.165) is 76.5 Å². The Bertz CT molecular complexity index is 806. The molecule has 0 spiro atoms. The highest BCUT2D eigenvalue weighted by Crippen LogP contribution is 2.23. The van der Waals surface area contributed by atoms with Gasteiger partial charge in [-0.3, -0.25) is 14.6 Å². The summed E-state index contributed by atoms with van der Waals surface area (Å²) in [4.78, 5) is 19.9. The van der Waals surface area contributed by atoms with Crippen molar-refractivity contribution in [3.05, 3.63) is 53.4 Å². The van der Waals surface area contributed by atoms with E-state index in [1.807, 2.05) is 13.0 Å². The Hall–Kier alpha value is -2.18. The van der Waals surface area contributed by atoms with Crippen LogP contribution in [0.5, 0.6) is 0 Å². The second-order valence-electron chi connectivity index (χ2n) is 8.88. The molecule has 2 aromatic rings. The van der Waals surface area contributed by atoms with Gasteiger partial charge in [0.15, 0.2) is 0 Å². The van der Waals surface area contributed by atoms with Gasteiger partial charge in [0.1, 0.15) is 5.76 Å². The van der Waals surface area contributed by atoms with Gasteiger partial charge < -0.3 is 9.42 Å². The van der Waals surface area contributed by atoms with Gasteiger partial charge in [-0.05, 0) is 44.6 Å². The van der Waals surface area contributed by atoms with Gasteiger partial charge in [-0.15, -0.1) is 0 Å². The van der Waals surface area contributed by atoms with Crippen LogP contribution in [0.15, 0.2) is 40.9 Å². The van der Waals surface area contributed by atoms with E-state index in [9.17, 15) is 4.79 Å². The summed E-state index contributed by atoms with van der Waals surface area (Å²) in [7, 11) is 0. The molecular formula is C24H34N4O2. The Balaban J connectivity index is 1.20. The van der Waals surface area contributed by atoms with Gasteiger partial charge in [0.25, 0.3) is 0 Å². The smallest absolute Gasteiger partial charge is 0.239 e. The standard InChI is InChI=1S/C24H34N4O2/c1-19-16-23(25-30-19)18-26-12-14-27(15-13-26)20(2)24(29)28-10-8-22(9-11-28)17-21-6-4-3-5-7-21/h3-7,16,20,22H,8-15,17-18H2,1-2H3/t20-/m1/s1. The molecule has 2 aliphatic rings. The fourth-order valence-corrected chi connectivity index (χ4v) is 4.76. The van der Waals surface area contributed by atoms with Crippen LogP contribution >= 0.6 is 0 Å². The lowest BCUT2D eigenvalue weighted by Gasteiger charge is -2.40. The van der Waals surface area contributed by atoms with E-state index in [1.54, 1.807) is 0 Å². The lowest BCUT2D eigenvalue weighted by molar-refractivity contribution is -0.138. The molecule has 4 rings (SSSR count). The number of hydrogen-bond acceptors (Lipinski definition) is 5. The molecule has 2 aliphatic heterocycles. The van der Waals surface area contributed by atoms with Crippen LogP contribution in [0.25, 0.3) is 0 Å². The van der Waals surface area contributed by atoms with Gasteiger partial charge in [-0.1, -0.05) is 35.5 Å². The highest BCUT2D eigenvalue weighted by atomic mass is 16.5. The molecule has 0 aliphatic carbocycles. The van der Waals surface area contributed by atoms with Crippen molar-refractivity contribution in [3.63, 3.8) is 0 Å². The van der Waals surface area contributed by atoms with Crippen molar-refractivity contribution < 1.29 is 9.32 Å². The number of likely N-dealkylation sites (tertiary alicyclic amines) is 1. The molecule has 1 aromatic carbocycles. The summed E-state index contributed by atoms with van der Waals surface area (Å²) in [6, 6.07) is 12.7. The van der Waals surface area contributed by atoms with Gasteiger partial charge in [0.05, 0.1) is 11.7 Å². The molecule has 1 atom stereocenters. The summed E-state index contributed by atoms with van der Waals surface area (Å²) in [6.07, 6.45) is 3.35. The van der Waals surface area contributed by atoms with Crippen molar-refractivity contribution in [1.82, 2.24) is 19.9 Å². The number of aryl methyl sites for hydroxylation is 1. The number of nitrogens with zero attached hydrogens (tertiary/aromatic N) is 4. The Kier molecular flexibility index (Phi) is 6.85. The van der Waals surface area contributed by atoms with E-state index in [1.165, 1.54) is 5.56 Å². The van der Waals surface area contributed by atoms with E-state index in [-0.39, 0.29) is 6.04 Å². The summed E-state index contributed by atoms with van der Waals surface area (Å²) >= 11 is 0. The molecule has 0 bridgehead atoms. The van der Waals surface area contributed by atoms with Crippen LogP contribution in [-0.2, 0) is 17.8 Å². The lowest BCUT2D eigenvalue weighted by atomic mass is 9.90. The maximum Gasteiger partial charge on any atom is 0.239 e. The first-order valence-electron chi connectivity index (χ1n) is 11.3. The largest absolute Gasteiger partial charge is 0.361 e. The minimum Gasteiger partial charge on any atom is -0.361 e. The van der Waals surface area contributed by atoms with Gasteiger partial charge >= 0.3 is 0 Å². The maximum atomic E-state index is 13.1. The van der Waals surface area contributed by atoms with Crippen molar-refractivity contribution in [2.75, 3.05) is 39.3 Å². The Morgan fingerprint density at radius 2 is 1.80 bits per heavy atom. The molecule has 2 saturated heterocycles. The molecule has 30 heavy (non-hydrogen) atoms. The minimum absolute atomic E-state index is 0.0351. The number of piperidine rings is 1. The molecule has 0 N–H and O–H groups in total. The molecule has 2 fully saturated rings. The van der Waals surface area contributed by atoms with Crippen molar-refractivity contribution in [3.8, 4) is 0 Å². The van der Waals surface area contributed by atoms with Crippen LogP contribution in [0.1, 0.15) is 36.8 Å². The zero-order valence-electron chi connectivity index (χ0n) is 18.3. The van der Waals surface area contributed by atoms with Gasteiger partial charge in [0.2, 0.25) is 5.91 Å². The van der Waals surface area contributed by atoms with Crippen LogP contribution in [-0.4, -0.2) is 71.1 Å². The maximum absolute atomic E-state index is 13.1. The van der Waals surface area contributed by atoms with Crippen LogP contribution < -0.4 is 0 Å². The highest BCUT2D eigenvalue weighted by molar-refractivity contribution is 5.81. The first-order valence-corrected chi connectivity index (χ1v) is 11.3.